The van der Waals surface area contributed by atoms with E-state index in [1.54, 1.807) is 12.4 Å². The van der Waals surface area contributed by atoms with Crippen molar-refractivity contribution in [2.45, 2.75) is 19.0 Å². The molecule has 0 amide bonds. The van der Waals surface area contributed by atoms with E-state index in [1.165, 1.54) is 0 Å². The van der Waals surface area contributed by atoms with Crippen LogP contribution in [0.15, 0.2) is 48.8 Å². The molecule has 0 spiro atoms. The SMILES string of the molecule is O=C(C[C@H]1COCCN1Cc1ccncc1Cl)c1ccccc1. The zero-order valence-corrected chi connectivity index (χ0v) is 13.6. The van der Waals surface area contributed by atoms with E-state index in [0.717, 1.165) is 17.7 Å². The molecule has 0 radical (unpaired) electrons. The van der Waals surface area contributed by atoms with Gasteiger partial charge in [0.05, 0.1) is 18.2 Å². The minimum Gasteiger partial charge on any atom is -0.378 e. The van der Waals surface area contributed by atoms with Crippen LogP contribution >= 0.6 is 11.6 Å². The summed E-state index contributed by atoms with van der Waals surface area (Å²) in [5, 5.41) is 0.659. The molecule has 3 rings (SSSR count). The Bertz CT molecular complexity index is 663. The number of halogens is 1. The third-order valence-corrected chi connectivity index (χ3v) is 4.44. The van der Waals surface area contributed by atoms with Crippen LogP contribution in [0.25, 0.3) is 0 Å². The second-order valence-electron chi connectivity index (χ2n) is 5.66. The maximum atomic E-state index is 12.5. The molecular formula is C18H19ClN2O2. The van der Waals surface area contributed by atoms with Gasteiger partial charge in [-0.2, -0.15) is 0 Å². The largest absolute Gasteiger partial charge is 0.378 e. The molecule has 1 aliphatic rings. The number of hydrogen-bond donors (Lipinski definition) is 0. The lowest BCUT2D eigenvalue weighted by atomic mass is 10.0. The molecule has 1 aliphatic heterocycles. The number of benzene rings is 1. The maximum absolute atomic E-state index is 12.5. The first kappa shape index (κ1) is 16.1. The Hall–Kier alpha value is -1.75. The van der Waals surface area contributed by atoms with Crippen molar-refractivity contribution in [3.05, 3.63) is 64.9 Å². The number of carbonyl (C=O) groups is 1. The van der Waals surface area contributed by atoms with Crippen molar-refractivity contribution < 1.29 is 9.53 Å². The smallest absolute Gasteiger partial charge is 0.164 e. The summed E-state index contributed by atoms with van der Waals surface area (Å²) in [4.78, 5) is 18.7. The van der Waals surface area contributed by atoms with Crippen LogP contribution < -0.4 is 0 Å². The van der Waals surface area contributed by atoms with Gasteiger partial charge in [-0.05, 0) is 11.6 Å². The van der Waals surface area contributed by atoms with E-state index in [9.17, 15) is 4.79 Å². The third-order valence-electron chi connectivity index (χ3n) is 4.10. The van der Waals surface area contributed by atoms with Gasteiger partial charge in [-0.15, -0.1) is 0 Å². The highest BCUT2D eigenvalue weighted by atomic mass is 35.5. The molecule has 120 valence electrons. The lowest BCUT2D eigenvalue weighted by Crippen LogP contribution is -2.45. The average molecular weight is 331 g/mol. The van der Waals surface area contributed by atoms with Crippen molar-refractivity contribution in [1.29, 1.82) is 0 Å². The van der Waals surface area contributed by atoms with Gasteiger partial charge in [0.1, 0.15) is 0 Å². The van der Waals surface area contributed by atoms with Gasteiger partial charge in [-0.1, -0.05) is 41.9 Å². The molecular weight excluding hydrogens is 312 g/mol. The van der Waals surface area contributed by atoms with E-state index in [4.69, 9.17) is 16.3 Å². The van der Waals surface area contributed by atoms with Crippen molar-refractivity contribution in [3.8, 4) is 0 Å². The first-order valence-corrected chi connectivity index (χ1v) is 8.10. The summed E-state index contributed by atoms with van der Waals surface area (Å²) in [6.07, 6.45) is 3.85. The van der Waals surface area contributed by atoms with Crippen LogP contribution in [0.1, 0.15) is 22.3 Å². The van der Waals surface area contributed by atoms with Gasteiger partial charge in [-0.3, -0.25) is 14.7 Å². The fraction of sp³-hybridized carbons (Fsp3) is 0.333. The Morgan fingerprint density at radius 3 is 2.91 bits per heavy atom. The maximum Gasteiger partial charge on any atom is 0.164 e. The fourth-order valence-electron chi connectivity index (χ4n) is 2.79. The van der Waals surface area contributed by atoms with Crippen LogP contribution in [0.2, 0.25) is 5.02 Å². The molecule has 23 heavy (non-hydrogen) atoms. The zero-order valence-electron chi connectivity index (χ0n) is 12.8. The number of morpholine rings is 1. The predicted octanol–water partition coefficient (Wildman–Crippen LogP) is 3.21. The lowest BCUT2D eigenvalue weighted by Gasteiger charge is -2.35. The second-order valence-corrected chi connectivity index (χ2v) is 6.07. The number of aromatic nitrogens is 1. The lowest BCUT2D eigenvalue weighted by molar-refractivity contribution is -0.0125. The minimum absolute atomic E-state index is 0.0701. The Morgan fingerprint density at radius 1 is 1.30 bits per heavy atom. The van der Waals surface area contributed by atoms with Crippen molar-refractivity contribution in [2.75, 3.05) is 19.8 Å². The van der Waals surface area contributed by atoms with E-state index in [1.807, 2.05) is 36.4 Å². The molecule has 1 aromatic carbocycles. The van der Waals surface area contributed by atoms with Crippen molar-refractivity contribution in [1.82, 2.24) is 9.88 Å². The summed E-state index contributed by atoms with van der Waals surface area (Å²) in [5.41, 5.74) is 1.78. The minimum atomic E-state index is 0.0701. The number of hydrogen-bond acceptors (Lipinski definition) is 4. The van der Waals surface area contributed by atoms with Crippen molar-refractivity contribution in [3.63, 3.8) is 0 Å². The Balaban J connectivity index is 1.69. The highest BCUT2D eigenvalue weighted by molar-refractivity contribution is 6.31. The van der Waals surface area contributed by atoms with Crippen LogP contribution in [-0.4, -0.2) is 41.5 Å². The summed E-state index contributed by atoms with van der Waals surface area (Å²) in [6.45, 7) is 2.75. The summed E-state index contributed by atoms with van der Waals surface area (Å²) in [6, 6.07) is 11.4. The molecule has 0 aliphatic carbocycles. The monoisotopic (exact) mass is 330 g/mol. The molecule has 4 nitrogen and oxygen atoms in total. The highest BCUT2D eigenvalue weighted by Crippen LogP contribution is 2.21. The molecule has 5 heteroatoms. The summed E-state index contributed by atoms with van der Waals surface area (Å²) in [7, 11) is 0. The van der Waals surface area contributed by atoms with Gasteiger partial charge in [0.15, 0.2) is 5.78 Å². The zero-order chi connectivity index (χ0) is 16.1. The summed E-state index contributed by atoms with van der Waals surface area (Å²) < 4.78 is 5.58. The van der Waals surface area contributed by atoms with E-state index < -0.39 is 0 Å². The predicted molar refractivity (Wildman–Crippen MR) is 89.7 cm³/mol. The second kappa shape index (κ2) is 7.68. The van der Waals surface area contributed by atoms with Crippen molar-refractivity contribution >= 4 is 17.4 Å². The Morgan fingerprint density at radius 2 is 2.13 bits per heavy atom. The number of Topliss-reactive ketones (excluding diaryl/α,β-unsaturated/α-hetero) is 1. The van der Waals surface area contributed by atoms with E-state index in [2.05, 4.69) is 9.88 Å². The standard InChI is InChI=1S/C18H19ClN2O2/c19-17-11-20-7-6-15(17)12-21-8-9-23-13-16(21)10-18(22)14-4-2-1-3-5-14/h1-7,11,16H,8-10,12-13H2/t16-/m0/s1. The normalized spacial score (nSPS) is 18.7. The number of ether oxygens (including phenoxy) is 1. The fourth-order valence-corrected chi connectivity index (χ4v) is 2.97. The van der Waals surface area contributed by atoms with Crippen LogP contribution in [0, 0.1) is 0 Å². The average Bonchev–Trinajstić information content (AvgIpc) is 2.59. The number of ketones is 1. The Labute approximate surface area is 141 Å². The number of nitrogens with zero attached hydrogens (tertiary/aromatic N) is 2. The molecule has 1 fully saturated rings. The molecule has 1 atom stereocenters. The summed E-state index contributed by atoms with van der Waals surface area (Å²) >= 11 is 6.21. The van der Waals surface area contributed by atoms with E-state index in [-0.39, 0.29) is 11.8 Å². The molecule has 0 unspecified atom stereocenters. The van der Waals surface area contributed by atoms with Gasteiger partial charge in [0.25, 0.3) is 0 Å². The van der Waals surface area contributed by atoms with Gasteiger partial charge in [-0.25, -0.2) is 0 Å². The van der Waals surface area contributed by atoms with Crippen molar-refractivity contribution in [2.24, 2.45) is 0 Å². The van der Waals surface area contributed by atoms with Gasteiger partial charge >= 0.3 is 0 Å². The molecule has 2 heterocycles. The molecule has 0 saturated carbocycles. The molecule has 0 N–H and O–H groups in total. The molecule has 0 bridgehead atoms. The highest BCUT2D eigenvalue weighted by Gasteiger charge is 2.26. The van der Waals surface area contributed by atoms with Gasteiger partial charge in [0, 0.05) is 43.5 Å². The van der Waals surface area contributed by atoms with Gasteiger partial charge in [0.2, 0.25) is 0 Å². The van der Waals surface area contributed by atoms with Crippen LogP contribution in [-0.2, 0) is 11.3 Å². The molecule has 1 saturated heterocycles. The first-order valence-electron chi connectivity index (χ1n) is 7.72. The topological polar surface area (TPSA) is 42.4 Å². The van der Waals surface area contributed by atoms with E-state index in [0.29, 0.717) is 31.2 Å². The number of carbonyl (C=O) groups excluding carboxylic acids is 1. The third kappa shape index (κ3) is 4.16. The number of pyridine rings is 1. The Kier molecular flexibility index (Phi) is 5.39. The van der Waals surface area contributed by atoms with Gasteiger partial charge < -0.3 is 4.74 Å². The molecule has 1 aromatic heterocycles. The first-order chi connectivity index (χ1) is 11.2. The quantitative estimate of drug-likeness (QED) is 0.789. The van der Waals surface area contributed by atoms with Crippen LogP contribution in [0.5, 0.6) is 0 Å². The van der Waals surface area contributed by atoms with Crippen LogP contribution in [0.4, 0.5) is 0 Å². The summed E-state index contributed by atoms with van der Waals surface area (Å²) in [5.74, 6) is 0.145. The number of rotatable bonds is 5. The van der Waals surface area contributed by atoms with E-state index >= 15 is 0 Å². The van der Waals surface area contributed by atoms with Crippen LogP contribution in [0.3, 0.4) is 0 Å². The molecule has 2 aromatic rings.